The molecule has 1 aliphatic rings. The summed E-state index contributed by atoms with van der Waals surface area (Å²) in [4.78, 5) is 14.7. The van der Waals surface area contributed by atoms with Crippen molar-refractivity contribution >= 4 is 23.4 Å². The number of nitrogens with zero attached hydrogens (tertiary/aromatic N) is 2. The van der Waals surface area contributed by atoms with Crippen LogP contribution in [0.15, 0.2) is 48.0 Å². The summed E-state index contributed by atoms with van der Waals surface area (Å²) < 4.78 is 5.46. The van der Waals surface area contributed by atoms with E-state index < -0.39 is 5.91 Å². The molecule has 3 rings (SSSR count). The van der Waals surface area contributed by atoms with Crippen molar-refractivity contribution in [2.75, 3.05) is 30.4 Å². The highest BCUT2D eigenvalue weighted by Gasteiger charge is 2.15. The molecule has 6 heteroatoms. The molecule has 1 fully saturated rings. The van der Waals surface area contributed by atoms with Crippen molar-refractivity contribution in [3.8, 4) is 17.6 Å². The van der Waals surface area contributed by atoms with Crippen molar-refractivity contribution in [2.24, 2.45) is 0 Å². The number of aromatic hydroxyl groups is 1. The first kappa shape index (κ1) is 18.3. The number of carbonyl (C=O) groups is 1. The van der Waals surface area contributed by atoms with Crippen molar-refractivity contribution < 1.29 is 14.6 Å². The molecular weight excluding hydrogens is 342 g/mol. The van der Waals surface area contributed by atoms with Crippen molar-refractivity contribution in [1.29, 1.82) is 5.26 Å². The molecule has 0 radical (unpaired) electrons. The predicted molar refractivity (Wildman–Crippen MR) is 105 cm³/mol. The van der Waals surface area contributed by atoms with Crippen LogP contribution in [0.25, 0.3) is 6.08 Å². The lowest BCUT2D eigenvalue weighted by Crippen LogP contribution is -2.17. The average molecular weight is 363 g/mol. The Morgan fingerprint density at radius 1 is 1.22 bits per heavy atom. The molecule has 0 aromatic heterocycles. The summed E-state index contributed by atoms with van der Waals surface area (Å²) in [6.07, 6.45) is 3.88. The number of ether oxygens (including phenoxy) is 1. The van der Waals surface area contributed by atoms with Gasteiger partial charge in [0.05, 0.1) is 7.11 Å². The number of nitriles is 1. The van der Waals surface area contributed by atoms with Gasteiger partial charge in [0.25, 0.3) is 5.91 Å². The number of carbonyl (C=O) groups excluding carboxylic acids is 1. The number of benzene rings is 2. The monoisotopic (exact) mass is 363 g/mol. The van der Waals surface area contributed by atoms with Gasteiger partial charge in [-0.2, -0.15) is 5.26 Å². The van der Waals surface area contributed by atoms with Gasteiger partial charge >= 0.3 is 0 Å². The fourth-order valence-electron chi connectivity index (χ4n) is 3.04. The molecular formula is C21H21N3O3. The quantitative estimate of drug-likeness (QED) is 0.482. The molecule has 0 atom stereocenters. The lowest BCUT2D eigenvalue weighted by molar-refractivity contribution is -0.112. The van der Waals surface area contributed by atoms with E-state index in [2.05, 4.69) is 10.2 Å². The summed E-state index contributed by atoms with van der Waals surface area (Å²) in [6, 6.07) is 13.8. The number of phenols is 1. The smallest absolute Gasteiger partial charge is 0.266 e. The Hall–Kier alpha value is -3.46. The van der Waals surface area contributed by atoms with Crippen molar-refractivity contribution in [3.63, 3.8) is 0 Å². The normalized spacial score (nSPS) is 13.9. The van der Waals surface area contributed by atoms with Gasteiger partial charge in [-0.1, -0.05) is 0 Å². The first-order chi connectivity index (χ1) is 13.1. The molecule has 27 heavy (non-hydrogen) atoms. The zero-order chi connectivity index (χ0) is 19.2. The van der Waals surface area contributed by atoms with Crippen molar-refractivity contribution in [2.45, 2.75) is 12.8 Å². The molecule has 2 aromatic carbocycles. The van der Waals surface area contributed by atoms with E-state index in [1.165, 1.54) is 31.1 Å². The second-order valence-corrected chi connectivity index (χ2v) is 6.29. The van der Waals surface area contributed by atoms with E-state index in [0.29, 0.717) is 17.0 Å². The summed E-state index contributed by atoms with van der Waals surface area (Å²) in [5, 5.41) is 21.4. The molecule has 1 heterocycles. The molecule has 138 valence electrons. The van der Waals surface area contributed by atoms with Gasteiger partial charge in [-0.3, -0.25) is 4.79 Å². The van der Waals surface area contributed by atoms with Gasteiger partial charge < -0.3 is 20.1 Å². The molecule has 2 N–H and O–H groups in total. The zero-order valence-electron chi connectivity index (χ0n) is 15.1. The molecule has 1 saturated heterocycles. The SMILES string of the molecule is COc1cc(N2CCCC2)ccc1C=C(C#N)C(=O)Nc1ccc(O)cc1. The Labute approximate surface area is 158 Å². The molecule has 1 amide bonds. The fourth-order valence-corrected chi connectivity index (χ4v) is 3.04. The Kier molecular flexibility index (Phi) is 5.62. The first-order valence-corrected chi connectivity index (χ1v) is 8.76. The Balaban J connectivity index is 1.82. The highest BCUT2D eigenvalue weighted by atomic mass is 16.5. The van der Waals surface area contributed by atoms with Crippen LogP contribution in [0.3, 0.4) is 0 Å². The molecule has 1 aliphatic heterocycles. The van der Waals surface area contributed by atoms with E-state index in [1.807, 2.05) is 24.3 Å². The fraction of sp³-hybridized carbons (Fsp3) is 0.238. The minimum atomic E-state index is -0.520. The largest absolute Gasteiger partial charge is 0.508 e. The molecule has 0 aliphatic carbocycles. The second-order valence-electron chi connectivity index (χ2n) is 6.29. The van der Waals surface area contributed by atoms with E-state index in [1.54, 1.807) is 19.2 Å². The third-order valence-corrected chi connectivity index (χ3v) is 4.48. The molecule has 0 unspecified atom stereocenters. The Morgan fingerprint density at radius 2 is 1.93 bits per heavy atom. The first-order valence-electron chi connectivity index (χ1n) is 8.76. The molecule has 0 bridgehead atoms. The van der Waals surface area contributed by atoms with Gasteiger partial charge in [-0.25, -0.2) is 0 Å². The predicted octanol–water partition coefficient (Wildman–Crippen LogP) is 3.55. The van der Waals surface area contributed by atoms with Crippen molar-refractivity contribution in [1.82, 2.24) is 0 Å². The molecule has 0 spiro atoms. The molecule has 2 aromatic rings. The van der Waals surface area contributed by atoms with Gasteiger partial charge in [0.1, 0.15) is 23.1 Å². The van der Waals surface area contributed by atoms with E-state index in [-0.39, 0.29) is 11.3 Å². The summed E-state index contributed by atoms with van der Waals surface area (Å²) >= 11 is 0. The van der Waals surface area contributed by atoms with Crippen LogP contribution in [0.2, 0.25) is 0 Å². The number of rotatable bonds is 5. The number of anilines is 2. The maximum atomic E-state index is 12.4. The highest BCUT2D eigenvalue weighted by Crippen LogP contribution is 2.29. The Morgan fingerprint density at radius 3 is 2.56 bits per heavy atom. The van der Waals surface area contributed by atoms with Crippen LogP contribution < -0.4 is 15.0 Å². The number of methoxy groups -OCH3 is 1. The van der Waals surface area contributed by atoms with Gasteiger partial charge in [0.2, 0.25) is 0 Å². The van der Waals surface area contributed by atoms with Gasteiger partial charge in [-0.05, 0) is 55.3 Å². The number of nitrogens with one attached hydrogen (secondary N) is 1. The van der Waals surface area contributed by atoms with Crippen LogP contribution in [-0.2, 0) is 4.79 Å². The average Bonchev–Trinajstić information content (AvgIpc) is 3.22. The van der Waals surface area contributed by atoms with Crippen LogP contribution in [-0.4, -0.2) is 31.2 Å². The summed E-state index contributed by atoms with van der Waals surface area (Å²) in [5.41, 5.74) is 2.21. The minimum absolute atomic E-state index is 0.0321. The second kappa shape index (κ2) is 8.28. The lowest BCUT2D eigenvalue weighted by Gasteiger charge is -2.19. The summed E-state index contributed by atoms with van der Waals surface area (Å²) in [7, 11) is 1.57. The van der Waals surface area contributed by atoms with Crippen LogP contribution in [0, 0.1) is 11.3 Å². The summed E-state index contributed by atoms with van der Waals surface area (Å²) in [5.74, 6) is 0.199. The molecule has 0 saturated carbocycles. The molecule has 6 nitrogen and oxygen atoms in total. The van der Waals surface area contributed by atoms with Crippen molar-refractivity contribution in [3.05, 3.63) is 53.6 Å². The van der Waals surface area contributed by atoms with Gasteiger partial charge in [-0.15, -0.1) is 0 Å². The number of hydrogen-bond acceptors (Lipinski definition) is 5. The highest BCUT2D eigenvalue weighted by molar-refractivity contribution is 6.09. The maximum absolute atomic E-state index is 12.4. The van der Waals surface area contributed by atoms with Gasteiger partial charge in [0, 0.05) is 36.1 Å². The number of amides is 1. The maximum Gasteiger partial charge on any atom is 0.266 e. The van der Waals surface area contributed by atoms with E-state index in [9.17, 15) is 15.2 Å². The van der Waals surface area contributed by atoms with E-state index in [4.69, 9.17) is 4.74 Å². The topological polar surface area (TPSA) is 85.6 Å². The Bertz CT molecular complexity index is 892. The third-order valence-electron chi connectivity index (χ3n) is 4.48. The van der Waals surface area contributed by atoms with Crippen LogP contribution in [0.4, 0.5) is 11.4 Å². The minimum Gasteiger partial charge on any atom is -0.508 e. The van der Waals surface area contributed by atoms with Crippen LogP contribution in [0.1, 0.15) is 18.4 Å². The van der Waals surface area contributed by atoms with Crippen LogP contribution >= 0.6 is 0 Å². The van der Waals surface area contributed by atoms with Gasteiger partial charge in [0.15, 0.2) is 0 Å². The van der Waals surface area contributed by atoms with E-state index >= 15 is 0 Å². The standard InChI is InChI=1S/C21H21N3O3/c1-27-20-13-18(24-10-2-3-11-24)7-4-15(20)12-16(14-22)21(26)23-17-5-8-19(25)9-6-17/h4-9,12-13,25H,2-3,10-11H2,1H3,(H,23,26). The lowest BCUT2D eigenvalue weighted by atomic mass is 10.1. The number of phenolic OH excluding ortho intramolecular Hbond substituents is 1. The van der Waals surface area contributed by atoms with E-state index in [0.717, 1.165) is 18.8 Å². The summed E-state index contributed by atoms with van der Waals surface area (Å²) in [6.45, 7) is 2.05. The zero-order valence-corrected chi connectivity index (χ0v) is 15.1. The number of hydrogen-bond donors (Lipinski definition) is 2. The third kappa shape index (κ3) is 4.39. The van der Waals surface area contributed by atoms with Crippen LogP contribution in [0.5, 0.6) is 11.5 Å².